The maximum Gasteiger partial charge on any atom is 0.243 e. The summed E-state index contributed by atoms with van der Waals surface area (Å²) in [6.45, 7) is 4.37. The second kappa shape index (κ2) is 6.35. The number of hydrogen-bond acceptors (Lipinski definition) is 3. The van der Waals surface area contributed by atoms with Gasteiger partial charge in [0.15, 0.2) is 0 Å². The third-order valence-electron chi connectivity index (χ3n) is 4.57. The van der Waals surface area contributed by atoms with Crippen molar-refractivity contribution in [1.29, 1.82) is 0 Å². The molecule has 2 atom stereocenters. The molecule has 0 radical (unpaired) electrons. The van der Waals surface area contributed by atoms with Gasteiger partial charge in [-0.3, -0.25) is 0 Å². The lowest BCUT2D eigenvalue weighted by Gasteiger charge is -2.40. The van der Waals surface area contributed by atoms with Crippen molar-refractivity contribution >= 4 is 10.0 Å². The van der Waals surface area contributed by atoms with Crippen LogP contribution in [0.5, 0.6) is 0 Å². The molecule has 1 aliphatic heterocycles. The van der Waals surface area contributed by atoms with Crippen LogP contribution in [0.2, 0.25) is 0 Å². The molecular formula is C18H24N2O3S. The Labute approximate surface area is 143 Å². The van der Waals surface area contributed by atoms with Gasteiger partial charge in [0, 0.05) is 37.5 Å². The van der Waals surface area contributed by atoms with E-state index in [1.165, 1.54) is 4.31 Å². The van der Waals surface area contributed by atoms with Gasteiger partial charge < -0.3 is 9.67 Å². The molecule has 24 heavy (non-hydrogen) atoms. The van der Waals surface area contributed by atoms with Crippen molar-refractivity contribution in [3.8, 4) is 0 Å². The maximum absolute atomic E-state index is 13.1. The van der Waals surface area contributed by atoms with Gasteiger partial charge >= 0.3 is 0 Å². The van der Waals surface area contributed by atoms with Crippen molar-refractivity contribution in [2.75, 3.05) is 6.54 Å². The summed E-state index contributed by atoms with van der Waals surface area (Å²) in [5.74, 6) is 0.174. The molecule has 0 aliphatic carbocycles. The molecular weight excluding hydrogens is 324 g/mol. The second-order valence-corrected chi connectivity index (χ2v) is 8.69. The molecule has 0 amide bonds. The van der Waals surface area contributed by atoms with Crippen molar-refractivity contribution in [3.63, 3.8) is 0 Å². The fraction of sp³-hybridized carbons (Fsp3) is 0.444. The zero-order chi connectivity index (χ0) is 17.5. The number of aryl methyl sites for hydroxylation is 1. The largest absolute Gasteiger partial charge is 0.387 e. The zero-order valence-electron chi connectivity index (χ0n) is 14.3. The van der Waals surface area contributed by atoms with Crippen molar-refractivity contribution in [3.05, 3.63) is 53.9 Å². The molecule has 1 aliphatic rings. The van der Waals surface area contributed by atoms with Crippen LogP contribution < -0.4 is 0 Å². The van der Waals surface area contributed by atoms with Crippen LogP contribution in [0.15, 0.2) is 47.5 Å². The van der Waals surface area contributed by atoms with Crippen LogP contribution in [0.25, 0.3) is 0 Å². The minimum atomic E-state index is -3.61. The van der Waals surface area contributed by atoms with E-state index in [4.69, 9.17) is 0 Å². The third-order valence-corrected chi connectivity index (χ3v) is 6.54. The van der Waals surface area contributed by atoms with E-state index in [1.807, 2.05) is 43.8 Å². The maximum atomic E-state index is 13.1. The molecule has 0 fully saturated rings. The van der Waals surface area contributed by atoms with Gasteiger partial charge in [0.25, 0.3) is 0 Å². The number of nitrogens with zero attached hydrogens (tertiary/aromatic N) is 2. The van der Waals surface area contributed by atoms with E-state index < -0.39 is 22.2 Å². The van der Waals surface area contributed by atoms with Gasteiger partial charge in [-0.15, -0.1) is 0 Å². The average Bonchev–Trinajstić information content (AvgIpc) is 2.93. The summed E-state index contributed by atoms with van der Waals surface area (Å²) in [5.41, 5.74) is 1.50. The summed E-state index contributed by atoms with van der Waals surface area (Å²) in [7, 11) is -1.68. The van der Waals surface area contributed by atoms with E-state index >= 15 is 0 Å². The molecule has 6 heteroatoms. The Morgan fingerprint density at radius 1 is 1.17 bits per heavy atom. The number of rotatable bonds is 4. The SMILES string of the molecule is CC(C)CN1[C@@H](Cc2cccn2C)[C@H](O)c2ccccc2S1(=O)=O. The van der Waals surface area contributed by atoms with Crippen LogP contribution >= 0.6 is 0 Å². The van der Waals surface area contributed by atoms with Crippen LogP contribution in [0.4, 0.5) is 0 Å². The Hall–Kier alpha value is -1.63. The minimum absolute atomic E-state index is 0.174. The van der Waals surface area contributed by atoms with E-state index in [-0.39, 0.29) is 10.8 Å². The first-order chi connectivity index (χ1) is 11.3. The Bertz CT molecular complexity index is 826. The molecule has 2 heterocycles. The van der Waals surface area contributed by atoms with Crippen molar-refractivity contribution in [2.45, 2.75) is 37.3 Å². The monoisotopic (exact) mass is 348 g/mol. The summed E-state index contributed by atoms with van der Waals surface area (Å²) >= 11 is 0. The predicted octanol–water partition coefficient (Wildman–Crippen LogP) is 2.33. The first-order valence-corrected chi connectivity index (χ1v) is 9.65. The van der Waals surface area contributed by atoms with Crippen LogP contribution in [0, 0.1) is 5.92 Å². The standard InChI is InChI=1S/C18H24N2O3S/c1-13(2)12-20-16(11-14-7-6-10-19(14)3)18(21)15-8-4-5-9-17(15)24(20,22)23/h4-10,13,16,18,21H,11-12H2,1-3H3/t16-,18+/m0/s1. The van der Waals surface area contributed by atoms with E-state index in [2.05, 4.69) is 0 Å². The highest BCUT2D eigenvalue weighted by atomic mass is 32.2. The van der Waals surface area contributed by atoms with Gasteiger partial charge in [-0.05, 0) is 24.1 Å². The smallest absolute Gasteiger partial charge is 0.243 e. The first-order valence-electron chi connectivity index (χ1n) is 8.21. The quantitative estimate of drug-likeness (QED) is 0.922. The second-order valence-electron chi connectivity index (χ2n) is 6.83. The predicted molar refractivity (Wildman–Crippen MR) is 93.0 cm³/mol. The van der Waals surface area contributed by atoms with Crippen LogP contribution in [-0.2, 0) is 23.5 Å². The topological polar surface area (TPSA) is 62.5 Å². The lowest BCUT2D eigenvalue weighted by atomic mass is 9.97. The van der Waals surface area contributed by atoms with Crippen molar-refractivity contribution < 1.29 is 13.5 Å². The summed E-state index contributed by atoms with van der Waals surface area (Å²) in [4.78, 5) is 0.223. The number of aliphatic hydroxyl groups excluding tert-OH is 1. The molecule has 5 nitrogen and oxygen atoms in total. The van der Waals surface area contributed by atoms with Crippen LogP contribution in [0.1, 0.15) is 31.2 Å². The molecule has 0 unspecified atom stereocenters. The normalized spacial score (nSPS) is 23.4. The molecule has 2 aromatic rings. The fourth-order valence-electron chi connectivity index (χ4n) is 3.36. The van der Waals surface area contributed by atoms with Gasteiger partial charge in [-0.1, -0.05) is 32.0 Å². The first kappa shape index (κ1) is 17.2. The molecule has 1 aromatic heterocycles. The molecule has 0 spiro atoms. The molecule has 0 bridgehead atoms. The molecule has 130 valence electrons. The van der Waals surface area contributed by atoms with Gasteiger partial charge in [-0.2, -0.15) is 4.31 Å². The summed E-state index contributed by atoms with van der Waals surface area (Å²) in [6.07, 6.45) is 1.57. The Morgan fingerprint density at radius 2 is 1.88 bits per heavy atom. The average molecular weight is 348 g/mol. The summed E-state index contributed by atoms with van der Waals surface area (Å²) in [5, 5.41) is 10.9. The molecule has 1 aromatic carbocycles. The number of aliphatic hydroxyl groups is 1. The third kappa shape index (κ3) is 2.90. The lowest BCUT2D eigenvalue weighted by molar-refractivity contribution is 0.0745. The fourth-order valence-corrected chi connectivity index (χ4v) is 5.39. The van der Waals surface area contributed by atoms with Gasteiger partial charge in [0.2, 0.25) is 10.0 Å². The lowest BCUT2D eigenvalue weighted by Crippen LogP contribution is -2.50. The van der Waals surface area contributed by atoms with Gasteiger partial charge in [0.05, 0.1) is 17.0 Å². The Morgan fingerprint density at radius 3 is 2.50 bits per heavy atom. The highest BCUT2D eigenvalue weighted by Gasteiger charge is 2.43. The molecule has 0 saturated heterocycles. The highest BCUT2D eigenvalue weighted by Crippen LogP contribution is 2.38. The minimum Gasteiger partial charge on any atom is -0.387 e. The number of fused-ring (bicyclic) bond motifs is 1. The Balaban J connectivity index is 2.09. The van der Waals surface area contributed by atoms with E-state index in [0.29, 0.717) is 18.5 Å². The van der Waals surface area contributed by atoms with Crippen molar-refractivity contribution in [2.24, 2.45) is 13.0 Å². The van der Waals surface area contributed by atoms with E-state index in [0.717, 1.165) is 5.69 Å². The van der Waals surface area contributed by atoms with Crippen molar-refractivity contribution in [1.82, 2.24) is 8.87 Å². The highest BCUT2D eigenvalue weighted by molar-refractivity contribution is 7.89. The van der Waals surface area contributed by atoms with E-state index in [9.17, 15) is 13.5 Å². The van der Waals surface area contributed by atoms with Gasteiger partial charge in [0.1, 0.15) is 0 Å². The summed E-state index contributed by atoms with van der Waals surface area (Å²) in [6, 6.07) is 10.2. The molecule has 1 N–H and O–H groups in total. The van der Waals surface area contributed by atoms with Crippen LogP contribution in [0.3, 0.4) is 0 Å². The number of hydrogen-bond donors (Lipinski definition) is 1. The summed E-state index contributed by atoms with van der Waals surface area (Å²) < 4.78 is 29.7. The zero-order valence-corrected chi connectivity index (χ0v) is 15.1. The number of aromatic nitrogens is 1. The van der Waals surface area contributed by atoms with Gasteiger partial charge in [-0.25, -0.2) is 8.42 Å². The number of benzene rings is 1. The van der Waals surface area contributed by atoms with E-state index in [1.54, 1.807) is 24.3 Å². The Kier molecular flexibility index (Phi) is 4.55. The molecule has 3 rings (SSSR count). The number of sulfonamides is 1. The molecule has 0 saturated carbocycles. The van der Waals surface area contributed by atoms with Crippen LogP contribution in [-0.4, -0.2) is 35.0 Å².